The average Bonchev–Trinajstić information content (AvgIpc) is 2.95. The number of carbonyl (C=O) groups excluding carboxylic acids is 3. The molecule has 5 unspecified atom stereocenters. The minimum atomic E-state index is -1.50. The zero-order valence-electron chi connectivity index (χ0n) is 31.2. The lowest BCUT2D eigenvalue weighted by Crippen LogP contribution is -2.77. The molecule has 0 saturated heterocycles. The van der Waals surface area contributed by atoms with Crippen molar-refractivity contribution < 1.29 is 43.9 Å². The maximum atomic E-state index is 13.2. The van der Waals surface area contributed by atoms with Crippen molar-refractivity contribution >= 4 is 17.9 Å². The Morgan fingerprint density at radius 3 is 2.02 bits per heavy atom. The van der Waals surface area contributed by atoms with Crippen molar-refractivity contribution in [2.24, 2.45) is 56.2 Å². The molecule has 0 bridgehead atoms. The highest BCUT2D eigenvalue weighted by Crippen LogP contribution is 2.76. The quantitative estimate of drug-likeness (QED) is 0.182. The standard InChI is InChI=1S/C39H62O9/c1-21(2)18-29(44)48-32-33(47-23(4)42)39(20-40)25(19-34(32,5)6)24-12-13-27-36(9)16-15-28(43)35(7,8)26(36)14-17-37(27,10)38(24,11)31(30(39)45)46-22(3)41/h12,21,25-28,30-33,40,43,45H,13-20H2,1-11H3/t25-,26-,27+,28?,30?,31?,32?,33?,36-,37+,38-,39-/m0/s1. The van der Waals surface area contributed by atoms with Crippen LogP contribution >= 0.6 is 0 Å². The maximum Gasteiger partial charge on any atom is 0.306 e. The molecule has 4 saturated carbocycles. The highest BCUT2D eigenvalue weighted by atomic mass is 16.6. The Bertz CT molecular complexity index is 1330. The first-order chi connectivity index (χ1) is 22.1. The average molecular weight is 675 g/mol. The Balaban J connectivity index is 1.72. The molecule has 9 nitrogen and oxygen atoms in total. The number of hydrogen-bond donors (Lipinski definition) is 3. The van der Waals surface area contributed by atoms with Crippen LogP contribution in [0.3, 0.4) is 0 Å². The van der Waals surface area contributed by atoms with Gasteiger partial charge in [0, 0.05) is 31.1 Å². The van der Waals surface area contributed by atoms with Gasteiger partial charge in [-0.3, -0.25) is 14.4 Å². The summed E-state index contributed by atoms with van der Waals surface area (Å²) in [5.41, 5.74) is -2.77. The summed E-state index contributed by atoms with van der Waals surface area (Å²) >= 11 is 0. The lowest BCUT2D eigenvalue weighted by Gasteiger charge is -2.73. The van der Waals surface area contributed by atoms with E-state index in [1.165, 1.54) is 13.8 Å². The number of carbonyl (C=O) groups is 3. The van der Waals surface area contributed by atoms with Gasteiger partial charge in [0.15, 0.2) is 6.10 Å². The molecule has 0 heterocycles. The van der Waals surface area contributed by atoms with Crippen LogP contribution in [0.1, 0.15) is 121 Å². The number of aliphatic hydroxyl groups excluding tert-OH is 3. The lowest BCUT2D eigenvalue weighted by atomic mass is 9.32. The van der Waals surface area contributed by atoms with Crippen LogP contribution in [0.15, 0.2) is 11.6 Å². The number of hydrogen-bond acceptors (Lipinski definition) is 9. The van der Waals surface area contributed by atoms with Gasteiger partial charge in [-0.15, -0.1) is 0 Å². The first-order valence-corrected chi connectivity index (χ1v) is 18.3. The van der Waals surface area contributed by atoms with E-state index < -0.39 is 76.5 Å². The van der Waals surface area contributed by atoms with Gasteiger partial charge >= 0.3 is 17.9 Å². The number of ether oxygens (including phenoxy) is 3. The summed E-state index contributed by atoms with van der Waals surface area (Å²) in [6, 6.07) is 0. The van der Waals surface area contributed by atoms with E-state index in [0.717, 1.165) is 37.7 Å². The van der Waals surface area contributed by atoms with Gasteiger partial charge in [0.2, 0.25) is 0 Å². The van der Waals surface area contributed by atoms with Crippen molar-refractivity contribution in [1.82, 2.24) is 0 Å². The lowest BCUT2D eigenvalue weighted by molar-refractivity contribution is -0.295. The molecular formula is C39H62O9. The Morgan fingerprint density at radius 1 is 0.854 bits per heavy atom. The molecule has 5 aliphatic carbocycles. The molecule has 0 radical (unpaired) electrons. The predicted octanol–water partition coefficient (Wildman–Crippen LogP) is 5.76. The van der Waals surface area contributed by atoms with Crippen molar-refractivity contribution in [3.8, 4) is 0 Å². The zero-order chi connectivity index (χ0) is 36.0. The summed E-state index contributed by atoms with van der Waals surface area (Å²) in [5, 5.41) is 35.4. The second kappa shape index (κ2) is 12.1. The fraction of sp³-hybridized carbons (Fsp3) is 0.872. The van der Waals surface area contributed by atoms with E-state index in [-0.39, 0.29) is 35.2 Å². The molecule has 48 heavy (non-hydrogen) atoms. The first kappa shape index (κ1) is 37.3. The molecule has 0 aromatic rings. The number of aliphatic hydroxyl groups is 3. The third-order valence-corrected chi connectivity index (χ3v) is 14.8. The third-order valence-electron chi connectivity index (χ3n) is 14.8. The molecule has 0 aromatic carbocycles. The number of fused-ring (bicyclic) bond motifs is 7. The molecular weight excluding hydrogens is 612 g/mol. The van der Waals surface area contributed by atoms with Crippen LogP contribution in [-0.4, -0.2) is 70.4 Å². The molecule has 12 atom stereocenters. The zero-order valence-corrected chi connectivity index (χ0v) is 31.2. The van der Waals surface area contributed by atoms with Gasteiger partial charge in [0.25, 0.3) is 0 Å². The van der Waals surface area contributed by atoms with Crippen molar-refractivity contribution in [3.63, 3.8) is 0 Å². The molecule has 0 aliphatic heterocycles. The van der Waals surface area contributed by atoms with Crippen molar-refractivity contribution in [1.29, 1.82) is 0 Å². The van der Waals surface area contributed by atoms with Crippen LogP contribution in [0, 0.1) is 56.2 Å². The van der Waals surface area contributed by atoms with Crippen LogP contribution in [0.4, 0.5) is 0 Å². The van der Waals surface area contributed by atoms with Crippen LogP contribution in [-0.2, 0) is 28.6 Å². The van der Waals surface area contributed by atoms with Gasteiger partial charge in [0.05, 0.1) is 18.1 Å². The van der Waals surface area contributed by atoms with Crippen LogP contribution in [0.25, 0.3) is 0 Å². The van der Waals surface area contributed by atoms with Gasteiger partial charge < -0.3 is 29.5 Å². The molecule has 0 aromatic heterocycles. The minimum Gasteiger partial charge on any atom is -0.459 e. The highest BCUT2D eigenvalue weighted by molar-refractivity contribution is 5.70. The van der Waals surface area contributed by atoms with E-state index in [4.69, 9.17) is 14.2 Å². The van der Waals surface area contributed by atoms with Crippen LogP contribution in [0.5, 0.6) is 0 Å². The van der Waals surface area contributed by atoms with Gasteiger partial charge in [-0.05, 0) is 78.4 Å². The Morgan fingerprint density at radius 2 is 1.46 bits per heavy atom. The summed E-state index contributed by atoms with van der Waals surface area (Å²) in [5.74, 6) is -1.53. The van der Waals surface area contributed by atoms with Gasteiger partial charge in [-0.2, -0.15) is 0 Å². The van der Waals surface area contributed by atoms with Gasteiger partial charge in [-0.25, -0.2) is 0 Å². The molecule has 9 heteroatoms. The second-order valence-electron chi connectivity index (χ2n) is 18.6. The van der Waals surface area contributed by atoms with Crippen LogP contribution < -0.4 is 0 Å². The van der Waals surface area contributed by atoms with E-state index in [2.05, 4.69) is 40.7 Å². The smallest absolute Gasteiger partial charge is 0.306 e. The molecule has 4 fully saturated rings. The fourth-order valence-electron chi connectivity index (χ4n) is 12.3. The van der Waals surface area contributed by atoms with E-state index in [0.29, 0.717) is 12.3 Å². The molecule has 272 valence electrons. The molecule has 0 spiro atoms. The molecule has 3 N–H and O–H groups in total. The first-order valence-electron chi connectivity index (χ1n) is 18.3. The Labute approximate surface area is 287 Å². The van der Waals surface area contributed by atoms with E-state index in [1.54, 1.807) is 0 Å². The van der Waals surface area contributed by atoms with E-state index in [1.807, 2.05) is 27.7 Å². The maximum absolute atomic E-state index is 13.2. The van der Waals surface area contributed by atoms with E-state index in [9.17, 15) is 29.7 Å². The SMILES string of the molecule is CC(=O)OC1C(OC(=O)CC(C)C)C(C)(C)C[C@H]2C3=CC[C@@H]4[C@@]5(C)CCC(O)C(C)(C)[C@@H]5CC[C@@]4(C)[C@]3(C)C(OC(C)=O)C(O)[C@@]12CO. The molecule has 5 rings (SSSR count). The van der Waals surface area contributed by atoms with Gasteiger partial charge in [-0.1, -0.05) is 74.0 Å². The Hall–Kier alpha value is -1.97. The van der Waals surface area contributed by atoms with Gasteiger partial charge in [0.1, 0.15) is 18.3 Å². The predicted molar refractivity (Wildman–Crippen MR) is 180 cm³/mol. The highest BCUT2D eigenvalue weighted by Gasteiger charge is 2.77. The number of rotatable bonds is 6. The van der Waals surface area contributed by atoms with Crippen LogP contribution in [0.2, 0.25) is 0 Å². The molecule has 5 aliphatic rings. The normalized spacial score (nSPS) is 45.8. The number of allylic oxidation sites excluding steroid dienone is 1. The summed E-state index contributed by atoms with van der Waals surface area (Å²) in [6.45, 7) is 21.1. The monoisotopic (exact) mass is 674 g/mol. The third kappa shape index (κ3) is 5.13. The Kier molecular flexibility index (Phi) is 9.38. The summed E-state index contributed by atoms with van der Waals surface area (Å²) in [7, 11) is 0. The summed E-state index contributed by atoms with van der Waals surface area (Å²) in [6.07, 6.45) is 1.98. The van der Waals surface area contributed by atoms with Crippen molar-refractivity contribution in [2.45, 2.75) is 152 Å². The second-order valence-corrected chi connectivity index (χ2v) is 18.6. The molecule has 0 amide bonds. The fourth-order valence-corrected chi connectivity index (χ4v) is 12.3. The van der Waals surface area contributed by atoms with Crippen molar-refractivity contribution in [2.75, 3.05) is 6.61 Å². The summed E-state index contributed by atoms with van der Waals surface area (Å²) in [4.78, 5) is 39.0. The van der Waals surface area contributed by atoms with Crippen molar-refractivity contribution in [3.05, 3.63) is 11.6 Å². The topological polar surface area (TPSA) is 140 Å². The van der Waals surface area contributed by atoms with E-state index >= 15 is 0 Å². The largest absolute Gasteiger partial charge is 0.459 e. The number of esters is 3. The summed E-state index contributed by atoms with van der Waals surface area (Å²) < 4.78 is 18.5. The minimum absolute atomic E-state index is 0.0429.